The summed E-state index contributed by atoms with van der Waals surface area (Å²) in [6.07, 6.45) is 4.15. The number of nitrogens with one attached hydrogen (secondary N) is 1. The maximum absolute atomic E-state index is 11.2. The summed E-state index contributed by atoms with van der Waals surface area (Å²) in [6.45, 7) is 0. The number of hydrogen-bond donors (Lipinski definition) is 1. The van der Waals surface area contributed by atoms with E-state index in [0.29, 0.717) is 5.76 Å². The van der Waals surface area contributed by atoms with Gasteiger partial charge in [0.2, 0.25) is 0 Å². The molecule has 0 saturated carbocycles. The number of rotatable bonds is 2. The third-order valence-electron chi connectivity index (χ3n) is 1.66. The van der Waals surface area contributed by atoms with Gasteiger partial charge in [-0.2, -0.15) is 9.78 Å². The minimum absolute atomic E-state index is 0.454. The summed E-state index contributed by atoms with van der Waals surface area (Å²) in [5.74, 6) is 0.521. The zero-order valence-corrected chi connectivity index (χ0v) is 7.58. The Bertz CT molecular complexity index is 577. The van der Waals surface area contributed by atoms with Gasteiger partial charge in [-0.1, -0.05) is 0 Å². The first-order chi connectivity index (χ1) is 7.25. The summed E-state index contributed by atoms with van der Waals surface area (Å²) in [5, 5.41) is 3.80. The van der Waals surface area contributed by atoms with Crippen molar-refractivity contribution in [2.45, 2.75) is 0 Å². The van der Waals surface area contributed by atoms with E-state index in [0.717, 1.165) is 4.68 Å². The van der Waals surface area contributed by atoms with Gasteiger partial charge in [0.15, 0.2) is 0 Å². The SMILES string of the molecule is O=c1ccn(N=Cc2ccco2)c(=O)[nH]1. The van der Waals surface area contributed by atoms with Gasteiger partial charge in [-0.15, -0.1) is 0 Å². The topological polar surface area (TPSA) is 80.4 Å². The standard InChI is InChI=1S/C9H7N3O3/c13-8-3-4-12(9(14)11-8)10-6-7-2-1-5-15-7/h1-6H,(H,11,13,14). The van der Waals surface area contributed by atoms with Crippen LogP contribution in [0.15, 0.2) is 49.8 Å². The Labute approximate surface area is 83.5 Å². The number of nitrogens with zero attached hydrogens (tertiary/aromatic N) is 2. The van der Waals surface area contributed by atoms with Crippen LogP contribution in [0.3, 0.4) is 0 Å². The molecule has 0 fully saturated rings. The molecule has 0 aliphatic rings. The van der Waals surface area contributed by atoms with Gasteiger partial charge < -0.3 is 4.42 Å². The Kier molecular flexibility index (Phi) is 2.32. The maximum atomic E-state index is 11.2. The average molecular weight is 205 g/mol. The summed E-state index contributed by atoms with van der Waals surface area (Å²) in [5.41, 5.74) is -1.05. The summed E-state index contributed by atoms with van der Waals surface area (Å²) in [7, 11) is 0. The van der Waals surface area contributed by atoms with Crippen LogP contribution >= 0.6 is 0 Å². The molecule has 0 aromatic carbocycles. The summed E-state index contributed by atoms with van der Waals surface area (Å²) >= 11 is 0. The van der Waals surface area contributed by atoms with Gasteiger partial charge >= 0.3 is 5.69 Å². The molecule has 0 aliphatic carbocycles. The molecule has 0 amide bonds. The fourth-order valence-electron chi connectivity index (χ4n) is 0.985. The molecular formula is C9H7N3O3. The van der Waals surface area contributed by atoms with Crippen molar-refractivity contribution in [1.29, 1.82) is 0 Å². The third-order valence-corrected chi connectivity index (χ3v) is 1.66. The smallest absolute Gasteiger partial charge is 0.348 e. The van der Waals surface area contributed by atoms with Crippen LogP contribution in [-0.4, -0.2) is 15.9 Å². The largest absolute Gasteiger partial charge is 0.463 e. The molecule has 0 saturated heterocycles. The van der Waals surface area contributed by atoms with Gasteiger partial charge in [-0.3, -0.25) is 9.78 Å². The fraction of sp³-hybridized carbons (Fsp3) is 0. The molecule has 2 rings (SSSR count). The number of aromatic amines is 1. The molecule has 6 heteroatoms. The zero-order valence-electron chi connectivity index (χ0n) is 7.58. The number of furan rings is 1. The normalized spacial score (nSPS) is 10.9. The van der Waals surface area contributed by atoms with Crippen LogP contribution in [0, 0.1) is 0 Å². The second-order valence-corrected chi connectivity index (χ2v) is 2.71. The van der Waals surface area contributed by atoms with E-state index in [-0.39, 0.29) is 0 Å². The van der Waals surface area contributed by atoms with Crippen molar-refractivity contribution in [3.05, 3.63) is 57.3 Å². The lowest BCUT2D eigenvalue weighted by Crippen LogP contribution is -2.26. The summed E-state index contributed by atoms with van der Waals surface area (Å²) in [4.78, 5) is 24.0. The maximum Gasteiger partial charge on any atom is 0.348 e. The van der Waals surface area contributed by atoms with Gasteiger partial charge in [-0.25, -0.2) is 4.79 Å². The van der Waals surface area contributed by atoms with E-state index in [1.807, 2.05) is 0 Å². The molecule has 1 N–H and O–H groups in total. The van der Waals surface area contributed by atoms with E-state index in [4.69, 9.17) is 4.42 Å². The lowest BCUT2D eigenvalue weighted by Gasteiger charge is -1.93. The zero-order chi connectivity index (χ0) is 10.7. The van der Waals surface area contributed by atoms with Crippen molar-refractivity contribution < 1.29 is 4.42 Å². The molecule has 0 unspecified atom stereocenters. The van der Waals surface area contributed by atoms with E-state index in [1.54, 1.807) is 12.1 Å². The molecule has 0 radical (unpaired) electrons. The first-order valence-electron chi connectivity index (χ1n) is 4.15. The molecule has 6 nitrogen and oxygen atoms in total. The van der Waals surface area contributed by atoms with Crippen LogP contribution in [0.2, 0.25) is 0 Å². The predicted molar refractivity (Wildman–Crippen MR) is 53.0 cm³/mol. The molecule has 0 bridgehead atoms. The van der Waals surface area contributed by atoms with Gasteiger partial charge in [0.05, 0.1) is 12.5 Å². The summed E-state index contributed by atoms with van der Waals surface area (Å²) in [6, 6.07) is 4.61. The Morgan fingerprint density at radius 3 is 2.93 bits per heavy atom. The van der Waals surface area contributed by atoms with Crippen molar-refractivity contribution >= 4 is 6.21 Å². The van der Waals surface area contributed by atoms with E-state index in [1.165, 1.54) is 24.7 Å². The van der Waals surface area contributed by atoms with E-state index in [2.05, 4.69) is 10.1 Å². The fourth-order valence-corrected chi connectivity index (χ4v) is 0.985. The highest BCUT2D eigenvalue weighted by molar-refractivity contribution is 5.75. The number of H-pyrrole nitrogens is 1. The first-order valence-corrected chi connectivity index (χ1v) is 4.15. The first kappa shape index (κ1) is 9.20. The molecule has 2 aromatic heterocycles. The predicted octanol–water partition coefficient (Wildman–Crippen LogP) is 0.0118. The van der Waals surface area contributed by atoms with Crippen LogP contribution in [0.4, 0.5) is 0 Å². The van der Waals surface area contributed by atoms with Crippen LogP contribution in [-0.2, 0) is 0 Å². The van der Waals surface area contributed by atoms with Gasteiger partial charge in [0.25, 0.3) is 5.56 Å². The second kappa shape index (κ2) is 3.79. The third kappa shape index (κ3) is 2.11. The molecule has 2 heterocycles. The van der Waals surface area contributed by atoms with Crippen molar-refractivity contribution in [2.24, 2.45) is 5.10 Å². The minimum Gasteiger partial charge on any atom is -0.463 e. The Morgan fingerprint density at radius 2 is 2.27 bits per heavy atom. The van der Waals surface area contributed by atoms with E-state index < -0.39 is 11.2 Å². The highest BCUT2D eigenvalue weighted by Crippen LogP contribution is 1.94. The minimum atomic E-state index is -0.592. The Morgan fingerprint density at radius 1 is 1.40 bits per heavy atom. The monoisotopic (exact) mass is 205 g/mol. The van der Waals surface area contributed by atoms with Crippen molar-refractivity contribution in [3.8, 4) is 0 Å². The highest BCUT2D eigenvalue weighted by Gasteiger charge is 1.93. The van der Waals surface area contributed by atoms with Gasteiger partial charge in [0, 0.05) is 12.3 Å². The van der Waals surface area contributed by atoms with Crippen molar-refractivity contribution in [1.82, 2.24) is 9.66 Å². The van der Waals surface area contributed by atoms with E-state index in [9.17, 15) is 9.59 Å². The molecule has 0 atom stereocenters. The molecular weight excluding hydrogens is 198 g/mol. The van der Waals surface area contributed by atoms with Crippen molar-refractivity contribution in [2.75, 3.05) is 0 Å². The summed E-state index contributed by atoms with van der Waals surface area (Å²) < 4.78 is 5.99. The van der Waals surface area contributed by atoms with Crippen LogP contribution in [0.1, 0.15) is 5.76 Å². The van der Waals surface area contributed by atoms with Crippen molar-refractivity contribution in [3.63, 3.8) is 0 Å². The quantitative estimate of drug-likeness (QED) is 0.701. The van der Waals surface area contributed by atoms with Gasteiger partial charge in [-0.05, 0) is 12.1 Å². The van der Waals surface area contributed by atoms with Crippen LogP contribution < -0.4 is 11.2 Å². The van der Waals surface area contributed by atoms with Crippen LogP contribution in [0.25, 0.3) is 0 Å². The molecule has 0 aliphatic heterocycles. The molecule has 2 aromatic rings. The molecule has 0 spiro atoms. The molecule has 15 heavy (non-hydrogen) atoms. The molecule has 76 valence electrons. The Balaban J connectivity index is 2.33. The number of aromatic nitrogens is 2. The lowest BCUT2D eigenvalue weighted by atomic mass is 10.5. The van der Waals surface area contributed by atoms with E-state index >= 15 is 0 Å². The lowest BCUT2D eigenvalue weighted by molar-refractivity contribution is 0.559. The number of hydrogen-bond acceptors (Lipinski definition) is 4. The Hall–Kier alpha value is -2.37. The highest BCUT2D eigenvalue weighted by atomic mass is 16.3. The van der Waals surface area contributed by atoms with Gasteiger partial charge in [0.1, 0.15) is 5.76 Å². The second-order valence-electron chi connectivity index (χ2n) is 2.71. The van der Waals surface area contributed by atoms with Crippen LogP contribution in [0.5, 0.6) is 0 Å². The average Bonchev–Trinajstić information content (AvgIpc) is 2.69.